The number of nitrogens with one attached hydrogen (secondary N) is 1. The van der Waals surface area contributed by atoms with E-state index in [1.807, 2.05) is 0 Å². The van der Waals surface area contributed by atoms with Gasteiger partial charge in [-0.2, -0.15) is 0 Å². The summed E-state index contributed by atoms with van der Waals surface area (Å²) in [5.74, 6) is -0.234. The first-order valence-electron chi connectivity index (χ1n) is 4.39. The zero-order chi connectivity index (χ0) is 10.1. The highest BCUT2D eigenvalue weighted by molar-refractivity contribution is 5.97. The molecule has 1 heterocycles. The lowest BCUT2D eigenvalue weighted by molar-refractivity contribution is 0.0957. The lowest BCUT2D eigenvalue weighted by atomic mass is 10.1. The minimum Gasteiger partial charge on any atom is -0.491 e. The molecule has 74 valence electrons. The molecule has 1 aliphatic heterocycles. The molecule has 0 saturated carbocycles. The van der Waals surface area contributed by atoms with Crippen LogP contribution in [0.25, 0.3) is 0 Å². The maximum atomic E-state index is 13.2. The molecule has 1 aliphatic rings. The number of carbonyl (C=O) groups is 1. The van der Waals surface area contributed by atoms with Crippen LogP contribution in [0.4, 0.5) is 4.39 Å². The number of hydrogen-bond donors (Lipinski definition) is 1. The molecule has 1 aromatic rings. The van der Waals surface area contributed by atoms with E-state index in [9.17, 15) is 9.18 Å². The fourth-order valence-corrected chi connectivity index (χ4v) is 1.38. The number of rotatable bonds is 0. The fourth-order valence-electron chi connectivity index (χ4n) is 1.38. The summed E-state index contributed by atoms with van der Waals surface area (Å²) in [7, 11) is 0. The first-order chi connectivity index (χ1) is 6.68. The lowest BCUT2D eigenvalue weighted by Crippen LogP contribution is -2.24. The monoisotopic (exact) mass is 195 g/mol. The van der Waals surface area contributed by atoms with Crippen molar-refractivity contribution < 1.29 is 13.9 Å². The SMILES string of the molecule is Cc1cc2c(cc1F)OCCNC2=O. The van der Waals surface area contributed by atoms with Gasteiger partial charge >= 0.3 is 0 Å². The minimum absolute atomic E-state index is 0.208. The van der Waals surface area contributed by atoms with Gasteiger partial charge in [0.1, 0.15) is 18.2 Å². The standard InChI is InChI=1S/C10H10FNO2/c1-6-4-7-9(5-8(6)11)14-3-2-12-10(7)13/h4-5H,2-3H2,1H3,(H,12,13). The van der Waals surface area contributed by atoms with Gasteiger partial charge in [-0.05, 0) is 18.6 Å². The number of hydrogen-bond acceptors (Lipinski definition) is 2. The maximum Gasteiger partial charge on any atom is 0.255 e. The van der Waals surface area contributed by atoms with Crippen LogP contribution in [0.2, 0.25) is 0 Å². The van der Waals surface area contributed by atoms with E-state index < -0.39 is 0 Å². The highest BCUT2D eigenvalue weighted by atomic mass is 19.1. The first-order valence-corrected chi connectivity index (χ1v) is 4.39. The summed E-state index contributed by atoms with van der Waals surface area (Å²) < 4.78 is 18.4. The Hall–Kier alpha value is -1.58. The molecular weight excluding hydrogens is 185 g/mol. The van der Waals surface area contributed by atoms with E-state index in [0.717, 1.165) is 0 Å². The average Bonchev–Trinajstić information content (AvgIpc) is 2.31. The molecule has 2 rings (SSSR count). The van der Waals surface area contributed by atoms with Gasteiger partial charge in [0.2, 0.25) is 0 Å². The second-order valence-corrected chi connectivity index (χ2v) is 3.20. The summed E-state index contributed by atoms with van der Waals surface area (Å²) in [6.45, 7) is 2.45. The van der Waals surface area contributed by atoms with Gasteiger partial charge in [0.15, 0.2) is 0 Å². The zero-order valence-electron chi connectivity index (χ0n) is 7.76. The number of ether oxygens (including phenoxy) is 1. The van der Waals surface area contributed by atoms with Crippen LogP contribution in [0.15, 0.2) is 12.1 Å². The second kappa shape index (κ2) is 3.29. The molecule has 0 spiro atoms. The van der Waals surface area contributed by atoms with Gasteiger partial charge in [0, 0.05) is 6.07 Å². The van der Waals surface area contributed by atoms with Crippen molar-refractivity contribution in [1.82, 2.24) is 5.32 Å². The van der Waals surface area contributed by atoms with Crippen molar-refractivity contribution in [3.05, 3.63) is 29.1 Å². The molecule has 0 unspecified atom stereocenters. The van der Waals surface area contributed by atoms with Crippen LogP contribution in [0.3, 0.4) is 0 Å². The predicted octanol–water partition coefficient (Wildman–Crippen LogP) is 1.26. The molecule has 4 heteroatoms. The van der Waals surface area contributed by atoms with E-state index in [2.05, 4.69) is 5.32 Å². The second-order valence-electron chi connectivity index (χ2n) is 3.20. The molecule has 14 heavy (non-hydrogen) atoms. The van der Waals surface area contributed by atoms with Crippen molar-refractivity contribution in [3.8, 4) is 5.75 Å². The molecule has 0 atom stereocenters. The van der Waals surface area contributed by atoms with Gasteiger partial charge in [0.25, 0.3) is 5.91 Å². The van der Waals surface area contributed by atoms with E-state index in [1.165, 1.54) is 12.1 Å². The molecule has 0 aromatic heterocycles. The molecule has 0 bridgehead atoms. The van der Waals surface area contributed by atoms with Crippen LogP contribution < -0.4 is 10.1 Å². The van der Waals surface area contributed by atoms with E-state index in [0.29, 0.717) is 30.0 Å². The highest BCUT2D eigenvalue weighted by Gasteiger charge is 2.17. The highest BCUT2D eigenvalue weighted by Crippen LogP contribution is 2.23. The molecule has 1 N–H and O–H groups in total. The number of carbonyl (C=O) groups excluding carboxylic acids is 1. The van der Waals surface area contributed by atoms with Crippen LogP contribution in [-0.2, 0) is 0 Å². The first kappa shape index (κ1) is 8.99. The number of benzene rings is 1. The summed E-state index contributed by atoms with van der Waals surface area (Å²) >= 11 is 0. The van der Waals surface area contributed by atoms with Crippen molar-refractivity contribution in [2.45, 2.75) is 6.92 Å². The Balaban J connectivity index is 2.54. The molecule has 0 saturated heterocycles. The summed E-state index contributed by atoms with van der Waals surface area (Å²) in [4.78, 5) is 11.5. The van der Waals surface area contributed by atoms with Gasteiger partial charge in [0.05, 0.1) is 12.1 Å². The van der Waals surface area contributed by atoms with E-state index in [1.54, 1.807) is 6.92 Å². The van der Waals surface area contributed by atoms with Crippen LogP contribution >= 0.6 is 0 Å². The third-order valence-electron chi connectivity index (χ3n) is 2.15. The summed E-state index contributed by atoms with van der Waals surface area (Å²) in [6.07, 6.45) is 0. The van der Waals surface area contributed by atoms with E-state index in [4.69, 9.17) is 4.74 Å². The smallest absolute Gasteiger partial charge is 0.255 e. The molecule has 0 aliphatic carbocycles. The Morgan fingerprint density at radius 2 is 2.29 bits per heavy atom. The molecular formula is C10H10FNO2. The Kier molecular flexibility index (Phi) is 2.11. The fraction of sp³-hybridized carbons (Fsp3) is 0.300. The van der Waals surface area contributed by atoms with Gasteiger partial charge < -0.3 is 10.1 Å². The normalized spacial score (nSPS) is 15.1. The van der Waals surface area contributed by atoms with Crippen molar-refractivity contribution in [3.63, 3.8) is 0 Å². The van der Waals surface area contributed by atoms with Gasteiger partial charge in [-0.3, -0.25) is 4.79 Å². The molecule has 3 nitrogen and oxygen atoms in total. The van der Waals surface area contributed by atoms with Crippen LogP contribution in [0.5, 0.6) is 5.75 Å². The van der Waals surface area contributed by atoms with Gasteiger partial charge in [-0.15, -0.1) is 0 Å². The lowest BCUT2D eigenvalue weighted by Gasteiger charge is -2.06. The van der Waals surface area contributed by atoms with Crippen LogP contribution in [-0.4, -0.2) is 19.1 Å². The van der Waals surface area contributed by atoms with Gasteiger partial charge in [-0.1, -0.05) is 0 Å². The van der Waals surface area contributed by atoms with Crippen molar-refractivity contribution in [2.75, 3.05) is 13.2 Å². The predicted molar refractivity (Wildman–Crippen MR) is 49.0 cm³/mol. The van der Waals surface area contributed by atoms with Crippen molar-refractivity contribution >= 4 is 5.91 Å². The molecule has 1 aromatic carbocycles. The Morgan fingerprint density at radius 3 is 3.07 bits per heavy atom. The Morgan fingerprint density at radius 1 is 1.50 bits per heavy atom. The Labute approximate surface area is 80.9 Å². The molecule has 0 radical (unpaired) electrons. The molecule has 1 amide bonds. The third kappa shape index (κ3) is 1.43. The molecule has 0 fully saturated rings. The third-order valence-corrected chi connectivity index (χ3v) is 2.15. The number of halogens is 1. The topological polar surface area (TPSA) is 38.3 Å². The van der Waals surface area contributed by atoms with Crippen molar-refractivity contribution in [1.29, 1.82) is 0 Å². The van der Waals surface area contributed by atoms with E-state index in [-0.39, 0.29) is 11.7 Å². The quantitative estimate of drug-likeness (QED) is 0.676. The summed E-state index contributed by atoms with van der Waals surface area (Å²) in [5, 5.41) is 2.66. The largest absolute Gasteiger partial charge is 0.491 e. The van der Waals surface area contributed by atoms with E-state index >= 15 is 0 Å². The summed E-state index contributed by atoms with van der Waals surface area (Å²) in [6, 6.07) is 2.76. The average molecular weight is 195 g/mol. The van der Waals surface area contributed by atoms with Crippen molar-refractivity contribution in [2.24, 2.45) is 0 Å². The minimum atomic E-state index is -0.349. The van der Waals surface area contributed by atoms with Gasteiger partial charge in [-0.25, -0.2) is 4.39 Å². The number of fused-ring (bicyclic) bond motifs is 1. The van der Waals surface area contributed by atoms with Crippen LogP contribution in [0, 0.1) is 12.7 Å². The summed E-state index contributed by atoms with van der Waals surface area (Å²) in [5.41, 5.74) is 0.853. The van der Waals surface area contributed by atoms with Crippen LogP contribution in [0.1, 0.15) is 15.9 Å². The Bertz CT molecular complexity index is 390. The maximum absolute atomic E-state index is 13.2. The number of aryl methyl sites for hydroxylation is 1. The zero-order valence-corrected chi connectivity index (χ0v) is 7.76. The number of amides is 1.